The topological polar surface area (TPSA) is 84.8 Å². The van der Waals surface area contributed by atoms with Gasteiger partial charge in [0.1, 0.15) is 11.7 Å². The number of nitrogens with zero attached hydrogens (tertiary/aromatic N) is 1. The fourth-order valence-corrected chi connectivity index (χ4v) is 0.935. The van der Waals surface area contributed by atoms with Crippen LogP contribution in [0.4, 0.5) is 4.79 Å². The molecule has 0 aromatic rings. The van der Waals surface area contributed by atoms with E-state index in [1.165, 1.54) is 0 Å². The summed E-state index contributed by atoms with van der Waals surface area (Å²) in [5, 5.41) is 20.5. The maximum absolute atomic E-state index is 10.8. The lowest BCUT2D eigenvalue weighted by molar-refractivity contribution is -0.110. The molecular weight excluding hydrogens is 150 g/mol. The van der Waals surface area contributed by atoms with Crippen molar-refractivity contribution in [1.29, 1.82) is 0 Å². The van der Waals surface area contributed by atoms with Gasteiger partial charge in [0.15, 0.2) is 0 Å². The molecule has 6 nitrogen and oxygen atoms in total. The highest BCUT2D eigenvalue weighted by molar-refractivity contribution is 5.76. The summed E-state index contributed by atoms with van der Waals surface area (Å²) < 4.78 is 0. The summed E-state index contributed by atoms with van der Waals surface area (Å²) in [4.78, 5) is 10.8. The fraction of sp³-hybridized carbons (Fsp3) is 0.800. The summed E-state index contributed by atoms with van der Waals surface area (Å²) in [6.07, 6.45) is -0.653. The lowest BCUT2D eigenvalue weighted by Crippen LogP contribution is -2.51. The maximum atomic E-state index is 10.8. The molecule has 1 saturated heterocycles. The van der Waals surface area contributed by atoms with Crippen LogP contribution < -0.4 is 10.8 Å². The summed E-state index contributed by atoms with van der Waals surface area (Å²) in [6, 6.07) is -0.624. The molecule has 1 fully saturated rings. The summed E-state index contributed by atoms with van der Waals surface area (Å²) in [7, 11) is 0. The molecule has 2 amide bonds. The van der Waals surface area contributed by atoms with Crippen molar-refractivity contribution in [2.75, 3.05) is 0 Å². The van der Waals surface area contributed by atoms with Gasteiger partial charge in [0, 0.05) is 0 Å². The zero-order valence-corrected chi connectivity index (χ0v) is 6.33. The number of carbonyl (C=O) groups excluding carboxylic acids is 1. The molecule has 4 N–H and O–H groups in total. The van der Waals surface area contributed by atoms with Gasteiger partial charge in [0.25, 0.3) is 0 Å². The molecule has 0 spiro atoms. The van der Waals surface area contributed by atoms with Crippen LogP contribution in [0.1, 0.15) is 13.8 Å². The Bertz CT molecular complexity index is 182. The molecule has 64 valence electrons. The van der Waals surface area contributed by atoms with Crippen LogP contribution in [0.3, 0.4) is 0 Å². The van der Waals surface area contributed by atoms with Gasteiger partial charge in [-0.05, 0) is 13.8 Å². The molecular formula is C5H11N3O3. The third kappa shape index (κ3) is 1.05. The highest BCUT2D eigenvalue weighted by Gasteiger charge is 2.45. The maximum Gasteiger partial charge on any atom is 0.343 e. The number of urea groups is 1. The Balaban J connectivity index is 2.82. The molecule has 0 saturated carbocycles. The van der Waals surface area contributed by atoms with Gasteiger partial charge in [-0.25, -0.2) is 4.79 Å². The van der Waals surface area contributed by atoms with Crippen molar-refractivity contribution in [3.8, 4) is 0 Å². The number of nitrogens with one attached hydrogen (secondary N) is 2. The number of hydroxylamine groups is 3. The Kier molecular flexibility index (Phi) is 1.75. The van der Waals surface area contributed by atoms with E-state index in [9.17, 15) is 4.79 Å². The van der Waals surface area contributed by atoms with Crippen molar-refractivity contribution in [2.24, 2.45) is 0 Å². The lowest BCUT2D eigenvalue weighted by Gasteiger charge is -2.27. The largest absolute Gasteiger partial charge is 0.343 e. The zero-order chi connectivity index (χ0) is 8.65. The predicted molar refractivity (Wildman–Crippen MR) is 34.9 cm³/mol. The molecule has 0 aromatic heterocycles. The predicted octanol–water partition coefficient (Wildman–Crippen LogP) is -0.516. The smallest absolute Gasteiger partial charge is 0.316 e. The van der Waals surface area contributed by atoms with Crippen LogP contribution in [0.5, 0.6) is 0 Å². The minimum atomic E-state index is -0.841. The molecule has 0 radical (unpaired) electrons. The van der Waals surface area contributed by atoms with Gasteiger partial charge in [0.05, 0.1) is 0 Å². The average molecular weight is 161 g/mol. The Morgan fingerprint density at radius 3 is 2.45 bits per heavy atom. The minimum Gasteiger partial charge on any atom is -0.316 e. The highest BCUT2D eigenvalue weighted by atomic mass is 16.5. The third-order valence-electron chi connectivity index (χ3n) is 1.84. The van der Waals surface area contributed by atoms with Crippen LogP contribution in [0, 0.1) is 0 Å². The first-order valence-corrected chi connectivity index (χ1v) is 3.19. The van der Waals surface area contributed by atoms with Gasteiger partial charge < -0.3 is 10.5 Å². The normalized spacial score (nSPS) is 28.9. The summed E-state index contributed by atoms with van der Waals surface area (Å²) in [5.41, 5.74) is 1.04. The standard InChI is InChI=1S/C5H11N3O3/c1-5(2)3(7-10)6-4(9)8(5)11/h3,7,10-11H,1-2H3,(H,6,9). The molecule has 0 aromatic carbocycles. The van der Waals surface area contributed by atoms with Crippen molar-refractivity contribution in [3.63, 3.8) is 0 Å². The van der Waals surface area contributed by atoms with Crippen LogP contribution in [0.2, 0.25) is 0 Å². The van der Waals surface area contributed by atoms with Gasteiger partial charge in [-0.1, -0.05) is 0 Å². The second-order valence-electron chi connectivity index (χ2n) is 2.98. The van der Waals surface area contributed by atoms with Crippen molar-refractivity contribution in [3.05, 3.63) is 0 Å². The molecule has 0 bridgehead atoms. The first kappa shape index (κ1) is 8.25. The SMILES string of the molecule is CC1(C)C(NO)NC(=O)N1O. The summed E-state index contributed by atoms with van der Waals surface area (Å²) in [6.45, 7) is 3.22. The monoisotopic (exact) mass is 161 g/mol. The van der Waals surface area contributed by atoms with Gasteiger partial charge in [-0.15, -0.1) is 0 Å². The molecule has 1 rings (SSSR count). The average Bonchev–Trinajstić information content (AvgIpc) is 2.13. The third-order valence-corrected chi connectivity index (χ3v) is 1.84. The fourth-order valence-electron chi connectivity index (χ4n) is 0.935. The van der Waals surface area contributed by atoms with E-state index in [1.54, 1.807) is 13.8 Å². The number of rotatable bonds is 1. The van der Waals surface area contributed by atoms with E-state index in [0.717, 1.165) is 0 Å². The molecule has 11 heavy (non-hydrogen) atoms. The van der Waals surface area contributed by atoms with Gasteiger partial charge in [-0.2, -0.15) is 10.5 Å². The van der Waals surface area contributed by atoms with E-state index >= 15 is 0 Å². The molecule has 0 aliphatic carbocycles. The first-order chi connectivity index (χ1) is 5.00. The van der Waals surface area contributed by atoms with E-state index in [-0.39, 0.29) is 0 Å². The quantitative estimate of drug-likeness (QED) is 0.308. The molecule has 1 unspecified atom stereocenters. The van der Waals surface area contributed by atoms with Crippen molar-refractivity contribution in [2.45, 2.75) is 25.6 Å². The number of hydrogen-bond donors (Lipinski definition) is 4. The Morgan fingerprint density at radius 2 is 2.27 bits per heavy atom. The van der Waals surface area contributed by atoms with Crippen LogP contribution in [0.15, 0.2) is 0 Å². The molecule has 6 heteroatoms. The van der Waals surface area contributed by atoms with Crippen molar-refractivity contribution >= 4 is 6.03 Å². The van der Waals surface area contributed by atoms with E-state index in [1.807, 2.05) is 5.48 Å². The molecule has 1 heterocycles. The molecule has 1 atom stereocenters. The second kappa shape index (κ2) is 2.33. The Labute approximate surface area is 63.7 Å². The van der Waals surface area contributed by atoms with Gasteiger partial charge >= 0.3 is 6.03 Å². The van der Waals surface area contributed by atoms with E-state index in [2.05, 4.69) is 5.32 Å². The molecule has 1 aliphatic heterocycles. The Morgan fingerprint density at radius 1 is 1.73 bits per heavy atom. The second-order valence-corrected chi connectivity index (χ2v) is 2.98. The van der Waals surface area contributed by atoms with Crippen LogP contribution in [-0.4, -0.2) is 33.2 Å². The van der Waals surface area contributed by atoms with E-state index in [4.69, 9.17) is 10.4 Å². The zero-order valence-electron chi connectivity index (χ0n) is 6.33. The summed E-state index contributed by atoms with van der Waals surface area (Å²) >= 11 is 0. The highest BCUT2D eigenvalue weighted by Crippen LogP contribution is 2.20. The first-order valence-electron chi connectivity index (χ1n) is 3.19. The number of hydrogen-bond acceptors (Lipinski definition) is 4. The number of carbonyl (C=O) groups is 1. The van der Waals surface area contributed by atoms with Crippen LogP contribution >= 0.6 is 0 Å². The number of amides is 2. The molecule has 1 aliphatic rings. The minimum absolute atomic E-state index is 0.543. The van der Waals surface area contributed by atoms with Crippen LogP contribution in [-0.2, 0) is 0 Å². The van der Waals surface area contributed by atoms with E-state index in [0.29, 0.717) is 5.06 Å². The van der Waals surface area contributed by atoms with E-state index < -0.39 is 17.7 Å². The van der Waals surface area contributed by atoms with Gasteiger partial charge in [0.2, 0.25) is 0 Å². The summed E-state index contributed by atoms with van der Waals surface area (Å²) in [5.74, 6) is 0. The lowest BCUT2D eigenvalue weighted by atomic mass is 10.0. The van der Waals surface area contributed by atoms with Crippen molar-refractivity contribution < 1.29 is 15.2 Å². The van der Waals surface area contributed by atoms with Crippen molar-refractivity contribution in [1.82, 2.24) is 15.9 Å². The van der Waals surface area contributed by atoms with Gasteiger partial charge in [-0.3, -0.25) is 5.21 Å². The van der Waals surface area contributed by atoms with Crippen LogP contribution in [0.25, 0.3) is 0 Å². The Hall–Kier alpha value is -0.850.